The van der Waals surface area contributed by atoms with Gasteiger partial charge in [0.25, 0.3) is 11.8 Å². The van der Waals surface area contributed by atoms with E-state index >= 15 is 0 Å². The first kappa shape index (κ1) is 41.9. The third kappa shape index (κ3) is 8.85. The lowest BCUT2D eigenvalue weighted by Gasteiger charge is -2.37. The number of aliphatic carboxylic acids is 1. The van der Waals surface area contributed by atoms with Gasteiger partial charge in [-0.1, -0.05) is 12.6 Å². The number of carboxylic acid groups (broad SMARTS) is 1. The molecule has 60 heavy (non-hydrogen) atoms. The van der Waals surface area contributed by atoms with Crippen LogP contribution in [0.2, 0.25) is 0 Å². The Morgan fingerprint density at radius 3 is 2.40 bits per heavy atom. The molecular weight excluding hydrogens is 804 g/mol. The number of likely N-dealkylation sites (tertiary alicyclic amines) is 1. The second kappa shape index (κ2) is 17.2. The summed E-state index contributed by atoms with van der Waals surface area (Å²) in [5.41, 5.74) is 9.59. The van der Waals surface area contributed by atoms with Crippen molar-refractivity contribution in [3.05, 3.63) is 124 Å². The fourth-order valence-corrected chi connectivity index (χ4v) is 8.32. The van der Waals surface area contributed by atoms with Gasteiger partial charge in [-0.05, 0) is 78.7 Å². The van der Waals surface area contributed by atoms with E-state index in [9.17, 15) is 37.5 Å². The largest absolute Gasteiger partial charge is 0.480 e. The number of piperazine rings is 1. The van der Waals surface area contributed by atoms with Crippen molar-refractivity contribution in [1.29, 1.82) is 0 Å². The number of alkyl halides is 2. The topological polar surface area (TPSA) is 171 Å². The number of rotatable bonds is 13. The minimum Gasteiger partial charge on any atom is -0.480 e. The van der Waals surface area contributed by atoms with Gasteiger partial charge < -0.3 is 35.4 Å². The fourth-order valence-electron chi connectivity index (χ4n) is 7.76. The number of aryl methyl sites for hydroxylation is 1. The molecule has 4 N–H and O–H groups in total. The number of nitrogens with one attached hydrogen (secondary N) is 1. The number of benzene rings is 3. The maximum Gasteiger partial charge on any atom is 0.337 e. The van der Waals surface area contributed by atoms with Crippen LogP contribution in [0.5, 0.6) is 11.5 Å². The number of nitrogens with two attached hydrogens (primary N) is 1. The number of hydrogen-bond donors (Lipinski definition) is 3. The number of urea groups is 1. The molecule has 314 valence electrons. The van der Waals surface area contributed by atoms with E-state index in [0.717, 1.165) is 0 Å². The van der Waals surface area contributed by atoms with Gasteiger partial charge in [0.15, 0.2) is 0 Å². The number of anilines is 1. The number of aromatic nitrogens is 1. The van der Waals surface area contributed by atoms with Crippen LogP contribution in [0.1, 0.15) is 39.0 Å². The van der Waals surface area contributed by atoms with E-state index in [1.54, 1.807) is 53.7 Å². The van der Waals surface area contributed by atoms with Crippen molar-refractivity contribution < 1.29 is 46.9 Å². The highest BCUT2D eigenvalue weighted by Gasteiger charge is 2.50. The standard InChI is InChI=1S/C42H42F3N7O7S/c1-24-18-27(43)6-13-32(24)36(46)35(40(56)58-3)33(48-25(2)37-47-14-17-60-37)22-49-15-16-50-29(20-49)21-51(41(50)57)28-7-11-31(12-8-28)59-30-9-4-26(5-10-30)38(53)52-23-42(44,45)19-34(52)39(54)55/h4-14,17-18,29,34,36,48H,2,15-16,19-23,46H2,1,3H3,(H,54,55)/b35-33+/t29-,34-,36-/m0/s1. The van der Waals surface area contributed by atoms with Gasteiger partial charge in [0.1, 0.15) is 28.4 Å². The molecule has 0 unspecified atom stereocenters. The van der Waals surface area contributed by atoms with E-state index in [2.05, 4.69) is 21.8 Å². The molecule has 4 aromatic rings. The zero-order valence-electron chi connectivity index (χ0n) is 32.6. The number of carbonyl (C=O) groups is 4. The molecule has 0 radical (unpaired) electrons. The minimum absolute atomic E-state index is 0.0430. The molecule has 0 spiro atoms. The van der Waals surface area contributed by atoms with Gasteiger partial charge in [-0.25, -0.2) is 32.5 Å². The molecule has 18 heteroatoms. The molecule has 3 saturated heterocycles. The highest BCUT2D eigenvalue weighted by molar-refractivity contribution is 7.10. The summed E-state index contributed by atoms with van der Waals surface area (Å²) in [4.78, 5) is 62.2. The monoisotopic (exact) mass is 845 g/mol. The molecule has 0 bridgehead atoms. The van der Waals surface area contributed by atoms with Crippen molar-refractivity contribution in [2.45, 2.75) is 37.4 Å². The van der Waals surface area contributed by atoms with Crippen LogP contribution >= 0.6 is 11.3 Å². The molecule has 3 aromatic carbocycles. The van der Waals surface area contributed by atoms with Gasteiger partial charge in [-0.3, -0.25) is 14.6 Å². The molecule has 0 aliphatic carbocycles. The summed E-state index contributed by atoms with van der Waals surface area (Å²) < 4.78 is 53.1. The first-order valence-electron chi connectivity index (χ1n) is 18.9. The van der Waals surface area contributed by atoms with Crippen LogP contribution in [-0.2, 0) is 14.3 Å². The molecule has 3 atom stereocenters. The van der Waals surface area contributed by atoms with Crippen LogP contribution < -0.4 is 20.7 Å². The van der Waals surface area contributed by atoms with Crippen molar-refractivity contribution >= 4 is 46.6 Å². The van der Waals surface area contributed by atoms with Crippen LogP contribution in [0.15, 0.2) is 96.2 Å². The lowest BCUT2D eigenvalue weighted by Crippen LogP contribution is -2.53. The number of ether oxygens (including phenoxy) is 2. The Labute approximate surface area is 347 Å². The summed E-state index contributed by atoms with van der Waals surface area (Å²) in [5.74, 6) is -5.92. The Kier molecular flexibility index (Phi) is 12.0. The van der Waals surface area contributed by atoms with Gasteiger partial charge in [-0.15, -0.1) is 11.3 Å². The van der Waals surface area contributed by atoms with E-state index in [4.69, 9.17) is 15.2 Å². The molecule has 3 aliphatic rings. The van der Waals surface area contributed by atoms with Crippen LogP contribution in [-0.4, -0.2) is 113 Å². The maximum atomic E-state index is 14.1. The van der Waals surface area contributed by atoms with E-state index < -0.39 is 54.6 Å². The normalized spacial score (nSPS) is 19.7. The van der Waals surface area contributed by atoms with Gasteiger partial charge in [0, 0.05) is 67.7 Å². The van der Waals surface area contributed by atoms with E-state index in [0.29, 0.717) is 75.8 Å². The SMILES string of the molecule is C=C(N/C(CN1CCN2C(=O)N(c3ccc(Oc4ccc(C(=O)N5CC(F)(F)C[C@H]5C(=O)O)cc4)cc3)C[C@@H]2C1)=C(/C(=O)OC)[C@@H](N)c1ccc(F)cc1C)c1nccs1. The average molecular weight is 846 g/mol. The number of thiazole rings is 1. The number of amides is 3. The molecule has 3 aliphatic heterocycles. The number of halogens is 3. The molecule has 4 heterocycles. The third-order valence-corrected chi connectivity index (χ3v) is 11.6. The average Bonchev–Trinajstić information content (AvgIpc) is 3.96. The highest BCUT2D eigenvalue weighted by Crippen LogP contribution is 2.35. The molecule has 3 amide bonds. The number of nitrogens with zero attached hydrogens (tertiary/aromatic N) is 5. The molecule has 14 nitrogen and oxygen atoms in total. The predicted octanol–water partition coefficient (Wildman–Crippen LogP) is 5.63. The van der Waals surface area contributed by atoms with E-state index in [-0.39, 0.29) is 29.8 Å². The number of carboxylic acids is 1. The molecule has 1 aromatic heterocycles. The van der Waals surface area contributed by atoms with Crippen LogP contribution in [0, 0.1) is 12.7 Å². The lowest BCUT2D eigenvalue weighted by atomic mass is 9.93. The predicted molar refractivity (Wildman–Crippen MR) is 216 cm³/mol. The number of carbonyl (C=O) groups excluding carboxylic acids is 3. The Hall–Kier alpha value is -6.24. The number of hydrogen-bond acceptors (Lipinski definition) is 11. The maximum absolute atomic E-state index is 14.1. The van der Waals surface area contributed by atoms with E-state index in [1.165, 1.54) is 54.8 Å². The molecular formula is C42H42F3N7O7S. The first-order valence-corrected chi connectivity index (χ1v) is 19.8. The Morgan fingerprint density at radius 1 is 1.07 bits per heavy atom. The van der Waals surface area contributed by atoms with Crippen molar-refractivity contribution in [1.82, 2.24) is 25.0 Å². The molecule has 7 rings (SSSR count). The summed E-state index contributed by atoms with van der Waals surface area (Å²) in [6.07, 6.45) is 0.702. The van der Waals surface area contributed by atoms with Gasteiger partial charge >= 0.3 is 18.0 Å². The highest BCUT2D eigenvalue weighted by atomic mass is 32.1. The van der Waals surface area contributed by atoms with Crippen molar-refractivity contribution in [3.8, 4) is 11.5 Å². The van der Waals surface area contributed by atoms with Gasteiger partial charge in [0.05, 0.1) is 37.0 Å². The summed E-state index contributed by atoms with van der Waals surface area (Å²) in [6, 6.07) is 13.8. The zero-order chi connectivity index (χ0) is 42.9. The number of esters is 1. The summed E-state index contributed by atoms with van der Waals surface area (Å²) in [5, 5.41) is 15.1. The Bertz CT molecular complexity index is 2330. The van der Waals surface area contributed by atoms with Gasteiger partial charge in [-0.2, -0.15) is 0 Å². The van der Waals surface area contributed by atoms with Crippen molar-refractivity contribution in [3.63, 3.8) is 0 Å². The molecule has 3 fully saturated rings. The minimum atomic E-state index is -3.29. The Morgan fingerprint density at radius 2 is 1.77 bits per heavy atom. The second-order valence-corrected chi connectivity index (χ2v) is 15.6. The van der Waals surface area contributed by atoms with Crippen LogP contribution in [0.25, 0.3) is 5.70 Å². The zero-order valence-corrected chi connectivity index (χ0v) is 33.5. The van der Waals surface area contributed by atoms with Crippen molar-refractivity contribution in [2.24, 2.45) is 5.73 Å². The van der Waals surface area contributed by atoms with Crippen LogP contribution in [0.3, 0.4) is 0 Å². The second-order valence-electron chi connectivity index (χ2n) is 14.7. The van der Waals surface area contributed by atoms with Crippen molar-refractivity contribution in [2.75, 3.05) is 51.3 Å². The number of fused-ring (bicyclic) bond motifs is 1. The first-order chi connectivity index (χ1) is 28.6. The summed E-state index contributed by atoms with van der Waals surface area (Å²) >= 11 is 1.37. The van der Waals surface area contributed by atoms with Gasteiger partial charge in [0.2, 0.25) is 0 Å². The third-order valence-electron chi connectivity index (χ3n) is 10.7. The summed E-state index contributed by atoms with van der Waals surface area (Å²) in [7, 11) is 1.27. The molecule has 0 saturated carbocycles. The lowest BCUT2D eigenvalue weighted by molar-refractivity contribution is -0.141. The fraction of sp³-hybridized carbons (Fsp3) is 0.310. The Balaban J connectivity index is 1.03. The van der Waals surface area contributed by atoms with E-state index in [1.807, 2.05) is 4.90 Å². The number of methoxy groups -OCH3 is 1. The smallest absolute Gasteiger partial charge is 0.337 e. The van der Waals surface area contributed by atoms with Crippen LogP contribution in [0.4, 0.5) is 23.7 Å². The summed E-state index contributed by atoms with van der Waals surface area (Å²) in [6.45, 7) is 6.85. The quantitative estimate of drug-likeness (QED) is 0.113.